The molecule has 1 aromatic carbocycles. The molecule has 0 spiro atoms. The Kier molecular flexibility index (Phi) is 4.27. The molecule has 0 aromatic heterocycles. The van der Waals surface area contributed by atoms with Crippen molar-refractivity contribution in [2.45, 2.75) is 36.0 Å². The summed E-state index contributed by atoms with van der Waals surface area (Å²) in [5.74, 6) is 0. The van der Waals surface area contributed by atoms with Crippen LogP contribution in [0.1, 0.15) is 31.4 Å². The van der Waals surface area contributed by atoms with E-state index in [9.17, 15) is 5.11 Å². The van der Waals surface area contributed by atoms with Gasteiger partial charge in [0.15, 0.2) is 0 Å². The summed E-state index contributed by atoms with van der Waals surface area (Å²) in [4.78, 5) is 1.21. The Morgan fingerprint density at radius 3 is 2.69 bits per heavy atom. The van der Waals surface area contributed by atoms with Crippen LogP contribution in [-0.2, 0) is 4.74 Å². The molecule has 1 atom stereocenters. The molecule has 0 bridgehead atoms. The fraction of sp³-hybridized carbons (Fsp3) is 0.538. The molecule has 2 nitrogen and oxygen atoms in total. The third-order valence-electron chi connectivity index (χ3n) is 2.83. The maximum Gasteiger partial charge on any atom is 0.0772 e. The van der Waals surface area contributed by atoms with Crippen LogP contribution in [0.25, 0.3) is 0 Å². The zero-order valence-corrected chi connectivity index (χ0v) is 10.4. The minimum Gasteiger partial charge on any atom is -0.389 e. The number of thioether (sulfide) groups is 1. The van der Waals surface area contributed by atoms with E-state index >= 15 is 0 Å². The van der Waals surface area contributed by atoms with Gasteiger partial charge < -0.3 is 9.84 Å². The lowest BCUT2D eigenvalue weighted by Crippen LogP contribution is -2.17. The summed E-state index contributed by atoms with van der Waals surface area (Å²) in [6.07, 6.45) is 1.83. The summed E-state index contributed by atoms with van der Waals surface area (Å²) < 4.78 is 5.35. The van der Waals surface area contributed by atoms with Crippen molar-refractivity contribution < 1.29 is 9.84 Å². The van der Waals surface area contributed by atoms with Gasteiger partial charge in [0.2, 0.25) is 0 Å². The number of hydrogen-bond donors (Lipinski definition) is 1. The average Bonchev–Trinajstić information content (AvgIpc) is 2.31. The summed E-state index contributed by atoms with van der Waals surface area (Å²) in [5.41, 5.74) is 1.04. The fourth-order valence-electron chi connectivity index (χ4n) is 1.91. The van der Waals surface area contributed by atoms with E-state index in [1.54, 1.807) is 0 Å². The fourth-order valence-corrected chi connectivity index (χ4v) is 3.23. The van der Waals surface area contributed by atoms with E-state index in [0.29, 0.717) is 5.25 Å². The minimum atomic E-state index is -0.386. The molecular formula is C13H18O2S. The first-order valence-corrected chi connectivity index (χ1v) is 6.66. The summed E-state index contributed by atoms with van der Waals surface area (Å²) in [6, 6.07) is 8.12. The van der Waals surface area contributed by atoms with E-state index in [2.05, 4.69) is 6.07 Å². The van der Waals surface area contributed by atoms with Crippen molar-refractivity contribution in [3.8, 4) is 0 Å². The van der Waals surface area contributed by atoms with Crippen molar-refractivity contribution in [3.63, 3.8) is 0 Å². The van der Waals surface area contributed by atoms with Crippen LogP contribution >= 0.6 is 11.8 Å². The Morgan fingerprint density at radius 2 is 2.00 bits per heavy atom. The van der Waals surface area contributed by atoms with E-state index in [0.717, 1.165) is 31.6 Å². The Balaban J connectivity index is 2.07. The van der Waals surface area contributed by atoms with Crippen LogP contribution in [0.3, 0.4) is 0 Å². The first kappa shape index (κ1) is 12.0. The third-order valence-corrected chi connectivity index (χ3v) is 4.26. The molecule has 3 heteroatoms. The van der Waals surface area contributed by atoms with Crippen LogP contribution in [0.5, 0.6) is 0 Å². The van der Waals surface area contributed by atoms with Crippen LogP contribution in [0.4, 0.5) is 0 Å². The Bertz CT molecular complexity index is 332. The van der Waals surface area contributed by atoms with E-state index < -0.39 is 0 Å². The SMILES string of the molecule is CC(O)c1ccccc1SC1CCOCC1. The van der Waals surface area contributed by atoms with E-state index in [-0.39, 0.29) is 6.10 Å². The van der Waals surface area contributed by atoms with Gasteiger partial charge in [0.05, 0.1) is 6.10 Å². The molecule has 1 N–H and O–H groups in total. The summed E-state index contributed by atoms with van der Waals surface area (Å²) >= 11 is 1.88. The molecule has 1 aliphatic rings. The van der Waals surface area contributed by atoms with Gasteiger partial charge >= 0.3 is 0 Å². The summed E-state index contributed by atoms with van der Waals surface area (Å²) in [6.45, 7) is 3.56. The molecule has 88 valence electrons. The molecule has 1 unspecified atom stereocenters. The predicted octanol–water partition coefficient (Wildman–Crippen LogP) is 3.01. The monoisotopic (exact) mass is 238 g/mol. The quantitative estimate of drug-likeness (QED) is 0.877. The number of aliphatic hydroxyl groups is 1. The van der Waals surface area contributed by atoms with Crippen LogP contribution in [0, 0.1) is 0 Å². The predicted molar refractivity (Wildman–Crippen MR) is 66.8 cm³/mol. The van der Waals surface area contributed by atoms with Crippen LogP contribution in [0.2, 0.25) is 0 Å². The van der Waals surface area contributed by atoms with Gasteiger partial charge in [-0.1, -0.05) is 18.2 Å². The zero-order chi connectivity index (χ0) is 11.4. The Hall–Kier alpha value is -0.510. The Labute approximate surface area is 101 Å². The average molecular weight is 238 g/mol. The lowest BCUT2D eigenvalue weighted by atomic mass is 10.1. The smallest absolute Gasteiger partial charge is 0.0772 e. The molecule has 1 fully saturated rings. The topological polar surface area (TPSA) is 29.5 Å². The first-order valence-electron chi connectivity index (χ1n) is 5.79. The van der Waals surface area contributed by atoms with Gasteiger partial charge in [-0.05, 0) is 31.4 Å². The molecule has 0 radical (unpaired) electrons. The van der Waals surface area contributed by atoms with E-state index in [4.69, 9.17) is 4.74 Å². The van der Waals surface area contributed by atoms with E-state index in [1.165, 1.54) is 4.90 Å². The van der Waals surface area contributed by atoms with Gasteiger partial charge in [0, 0.05) is 23.4 Å². The van der Waals surface area contributed by atoms with Crippen LogP contribution < -0.4 is 0 Å². The zero-order valence-electron chi connectivity index (χ0n) is 9.56. The summed E-state index contributed by atoms with van der Waals surface area (Å²) in [5, 5.41) is 10.3. The van der Waals surface area contributed by atoms with Crippen molar-refractivity contribution in [3.05, 3.63) is 29.8 Å². The molecular weight excluding hydrogens is 220 g/mol. The first-order chi connectivity index (χ1) is 7.77. The molecule has 1 heterocycles. The highest BCUT2D eigenvalue weighted by Crippen LogP contribution is 2.34. The molecule has 1 saturated heterocycles. The summed E-state index contributed by atoms with van der Waals surface area (Å²) in [7, 11) is 0. The van der Waals surface area contributed by atoms with Gasteiger partial charge in [0.1, 0.15) is 0 Å². The maximum atomic E-state index is 9.70. The molecule has 0 saturated carbocycles. The minimum absolute atomic E-state index is 0.386. The van der Waals surface area contributed by atoms with Crippen molar-refractivity contribution in [1.29, 1.82) is 0 Å². The lowest BCUT2D eigenvalue weighted by Gasteiger charge is -2.23. The number of rotatable bonds is 3. The molecule has 0 amide bonds. The second kappa shape index (κ2) is 5.71. The van der Waals surface area contributed by atoms with Gasteiger partial charge in [-0.3, -0.25) is 0 Å². The highest BCUT2D eigenvalue weighted by Gasteiger charge is 2.17. The van der Waals surface area contributed by atoms with Gasteiger partial charge in [0.25, 0.3) is 0 Å². The highest BCUT2D eigenvalue weighted by molar-refractivity contribution is 8.00. The lowest BCUT2D eigenvalue weighted by molar-refractivity contribution is 0.1000. The highest BCUT2D eigenvalue weighted by atomic mass is 32.2. The number of hydrogen-bond acceptors (Lipinski definition) is 3. The number of aliphatic hydroxyl groups excluding tert-OH is 1. The van der Waals surface area contributed by atoms with E-state index in [1.807, 2.05) is 36.9 Å². The normalized spacial score (nSPS) is 19.6. The van der Waals surface area contributed by atoms with Crippen molar-refractivity contribution in [1.82, 2.24) is 0 Å². The largest absolute Gasteiger partial charge is 0.389 e. The van der Waals surface area contributed by atoms with Crippen LogP contribution in [0.15, 0.2) is 29.2 Å². The molecule has 1 aliphatic heterocycles. The maximum absolute atomic E-state index is 9.70. The van der Waals surface area contributed by atoms with Gasteiger partial charge in [-0.15, -0.1) is 11.8 Å². The van der Waals surface area contributed by atoms with Crippen LogP contribution in [-0.4, -0.2) is 23.6 Å². The van der Waals surface area contributed by atoms with Gasteiger partial charge in [-0.25, -0.2) is 0 Å². The molecule has 16 heavy (non-hydrogen) atoms. The van der Waals surface area contributed by atoms with Gasteiger partial charge in [-0.2, -0.15) is 0 Å². The van der Waals surface area contributed by atoms with Crippen molar-refractivity contribution in [2.75, 3.05) is 13.2 Å². The molecule has 0 aliphatic carbocycles. The third kappa shape index (κ3) is 3.00. The molecule has 2 rings (SSSR count). The Morgan fingerprint density at radius 1 is 1.31 bits per heavy atom. The van der Waals surface area contributed by atoms with Crippen molar-refractivity contribution >= 4 is 11.8 Å². The number of ether oxygens (including phenoxy) is 1. The number of benzene rings is 1. The molecule has 1 aromatic rings. The standard InChI is InChI=1S/C13H18O2S/c1-10(14)12-4-2-3-5-13(12)16-11-6-8-15-9-7-11/h2-5,10-11,14H,6-9H2,1H3. The second-order valence-corrected chi connectivity index (χ2v) is 5.49. The second-order valence-electron chi connectivity index (χ2n) is 4.14. The van der Waals surface area contributed by atoms with Crippen molar-refractivity contribution in [2.24, 2.45) is 0 Å².